The van der Waals surface area contributed by atoms with Crippen LogP contribution in [0.3, 0.4) is 0 Å². The van der Waals surface area contributed by atoms with Crippen molar-refractivity contribution in [2.75, 3.05) is 5.73 Å². The lowest BCUT2D eigenvalue weighted by molar-refractivity contribution is 0.628. The van der Waals surface area contributed by atoms with E-state index in [1.807, 2.05) is 24.3 Å². The van der Waals surface area contributed by atoms with Gasteiger partial charge in [-0.25, -0.2) is 9.37 Å². The van der Waals surface area contributed by atoms with Gasteiger partial charge in [0.25, 0.3) is 0 Å². The van der Waals surface area contributed by atoms with E-state index in [9.17, 15) is 9.65 Å². The molecular formula is C18H11BrFN3. The molecular weight excluding hydrogens is 357 g/mol. The second-order valence-corrected chi connectivity index (χ2v) is 5.77. The molecule has 0 unspecified atom stereocenters. The highest BCUT2D eigenvalue weighted by molar-refractivity contribution is 9.10. The number of nitriles is 1. The van der Waals surface area contributed by atoms with Gasteiger partial charge in [0.15, 0.2) is 0 Å². The summed E-state index contributed by atoms with van der Waals surface area (Å²) in [5.74, 6) is -0.246. The second kappa shape index (κ2) is 6.19. The minimum Gasteiger partial charge on any atom is -0.383 e. The van der Waals surface area contributed by atoms with Crippen LogP contribution in [-0.2, 0) is 0 Å². The Labute approximate surface area is 141 Å². The Hall–Kier alpha value is -2.71. The van der Waals surface area contributed by atoms with Gasteiger partial charge in [-0.05, 0) is 29.8 Å². The molecule has 5 heteroatoms. The second-order valence-electron chi connectivity index (χ2n) is 4.92. The predicted octanol–water partition coefficient (Wildman–Crippen LogP) is 4.77. The molecule has 0 spiro atoms. The first kappa shape index (κ1) is 15.2. The molecule has 0 radical (unpaired) electrons. The van der Waals surface area contributed by atoms with Crippen LogP contribution in [0.4, 0.5) is 10.2 Å². The zero-order valence-corrected chi connectivity index (χ0v) is 13.5. The van der Waals surface area contributed by atoms with Gasteiger partial charge in [-0.3, -0.25) is 0 Å². The summed E-state index contributed by atoms with van der Waals surface area (Å²) in [4.78, 5) is 4.32. The molecule has 3 aromatic rings. The molecule has 23 heavy (non-hydrogen) atoms. The fourth-order valence-electron chi connectivity index (χ4n) is 2.37. The summed E-state index contributed by atoms with van der Waals surface area (Å²) in [6, 6.07) is 17.4. The van der Waals surface area contributed by atoms with E-state index in [0.29, 0.717) is 16.8 Å². The molecule has 0 aliphatic rings. The zero-order chi connectivity index (χ0) is 16.4. The number of hydrogen-bond donors (Lipinski definition) is 1. The number of aromatic nitrogens is 1. The summed E-state index contributed by atoms with van der Waals surface area (Å²) in [5, 5.41) is 9.37. The normalized spacial score (nSPS) is 10.3. The van der Waals surface area contributed by atoms with Crippen LogP contribution < -0.4 is 5.73 Å². The Balaban J connectivity index is 2.27. The first-order valence-electron chi connectivity index (χ1n) is 6.81. The van der Waals surface area contributed by atoms with Crippen molar-refractivity contribution in [3.8, 4) is 28.5 Å². The maximum atomic E-state index is 13.5. The number of anilines is 1. The van der Waals surface area contributed by atoms with Gasteiger partial charge in [-0.15, -0.1) is 0 Å². The van der Waals surface area contributed by atoms with Crippen LogP contribution >= 0.6 is 15.9 Å². The number of nitrogen functional groups attached to an aromatic ring is 1. The third-order valence-electron chi connectivity index (χ3n) is 3.44. The Kier molecular flexibility index (Phi) is 4.09. The number of nitrogens with two attached hydrogens (primary N) is 1. The molecule has 3 rings (SSSR count). The van der Waals surface area contributed by atoms with Crippen LogP contribution in [0.15, 0.2) is 59.1 Å². The fraction of sp³-hybridized carbons (Fsp3) is 0. The predicted molar refractivity (Wildman–Crippen MR) is 91.9 cm³/mol. The summed E-state index contributed by atoms with van der Waals surface area (Å²) in [6.45, 7) is 0. The van der Waals surface area contributed by atoms with E-state index in [2.05, 4.69) is 27.0 Å². The molecule has 2 N–H and O–H groups in total. The molecule has 0 bridgehead atoms. The van der Waals surface area contributed by atoms with Gasteiger partial charge in [0, 0.05) is 15.6 Å². The van der Waals surface area contributed by atoms with Crippen molar-refractivity contribution in [2.45, 2.75) is 0 Å². The van der Waals surface area contributed by atoms with Gasteiger partial charge in [-0.1, -0.05) is 46.3 Å². The van der Waals surface area contributed by atoms with Crippen molar-refractivity contribution in [3.63, 3.8) is 0 Å². The number of hydrogen-bond acceptors (Lipinski definition) is 3. The molecule has 3 nitrogen and oxygen atoms in total. The summed E-state index contributed by atoms with van der Waals surface area (Å²) >= 11 is 3.48. The number of rotatable bonds is 2. The highest BCUT2D eigenvalue weighted by atomic mass is 79.9. The molecule has 0 saturated heterocycles. The molecule has 0 amide bonds. The number of nitrogens with zero attached hydrogens (tertiary/aromatic N) is 2. The quantitative estimate of drug-likeness (QED) is 0.709. The molecule has 0 atom stereocenters. The maximum Gasteiger partial charge on any atom is 0.142 e. The SMILES string of the molecule is N#Cc1c(-c2cccc(F)c2)cc(-c2ccccc2Br)nc1N. The summed E-state index contributed by atoms with van der Waals surface area (Å²) < 4.78 is 14.4. The lowest BCUT2D eigenvalue weighted by atomic mass is 9.98. The first-order chi connectivity index (χ1) is 11.1. The average Bonchev–Trinajstić information content (AvgIpc) is 2.54. The van der Waals surface area contributed by atoms with E-state index < -0.39 is 0 Å². The molecule has 0 saturated carbocycles. The average molecular weight is 368 g/mol. The summed E-state index contributed by atoms with van der Waals surface area (Å²) in [7, 11) is 0. The smallest absolute Gasteiger partial charge is 0.142 e. The van der Waals surface area contributed by atoms with E-state index >= 15 is 0 Å². The van der Waals surface area contributed by atoms with Crippen LogP contribution in [-0.4, -0.2) is 4.98 Å². The van der Waals surface area contributed by atoms with Crippen molar-refractivity contribution >= 4 is 21.7 Å². The van der Waals surface area contributed by atoms with Crippen molar-refractivity contribution in [2.24, 2.45) is 0 Å². The fourth-order valence-corrected chi connectivity index (χ4v) is 2.86. The topological polar surface area (TPSA) is 62.7 Å². The van der Waals surface area contributed by atoms with Crippen molar-refractivity contribution in [1.82, 2.24) is 4.98 Å². The molecule has 0 fully saturated rings. The van der Waals surface area contributed by atoms with E-state index in [0.717, 1.165) is 10.0 Å². The lowest BCUT2D eigenvalue weighted by Crippen LogP contribution is -2.00. The molecule has 0 aliphatic heterocycles. The van der Waals surface area contributed by atoms with Crippen molar-refractivity contribution < 1.29 is 4.39 Å². The molecule has 0 aliphatic carbocycles. The van der Waals surface area contributed by atoms with Crippen LogP contribution in [0, 0.1) is 17.1 Å². The van der Waals surface area contributed by atoms with Gasteiger partial charge in [0.1, 0.15) is 23.3 Å². The minimum absolute atomic E-state index is 0.125. The monoisotopic (exact) mass is 367 g/mol. The maximum absolute atomic E-state index is 13.5. The van der Waals surface area contributed by atoms with Gasteiger partial charge in [0.05, 0.1) is 5.69 Å². The number of pyridine rings is 1. The Morgan fingerprint density at radius 1 is 1.04 bits per heavy atom. The van der Waals surface area contributed by atoms with Gasteiger partial charge in [0.2, 0.25) is 0 Å². The minimum atomic E-state index is -0.371. The highest BCUT2D eigenvalue weighted by Crippen LogP contribution is 2.34. The zero-order valence-electron chi connectivity index (χ0n) is 11.9. The van der Waals surface area contributed by atoms with Crippen molar-refractivity contribution in [3.05, 3.63) is 70.5 Å². The van der Waals surface area contributed by atoms with E-state index in [-0.39, 0.29) is 17.2 Å². The lowest BCUT2D eigenvalue weighted by Gasteiger charge is -2.11. The standard InChI is InChI=1S/C18H11BrFN3/c19-16-7-2-1-6-13(16)17-9-14(15(10-21)18(22)23-17)11-4-3-5-12(20)8-11/h1-9H,(H2,22,23). The van der Waals surface area contributed by atoms with Crippen molar-refractivity contribution in [1.29, 1.82) is 5.26 Å². The molecule has 1 aromatic heterocycles. The molecule has 2 aromatic carbocycles. The van der Waals surface area contributed by atoms with Crippen LogP contribution in [0.1, 0.15) is 5.56 Å². The van der Waals surface area contributed by atoms with Crippen LogP contribution in [0.5, 0.6) is 0 Å². The van der Waals surface area contributed by atoms with Crippen LogP contribution in [0.25, 0.3) is 22.4 Å². The molecule has 1 heterocycles. The highest BCUT2D eigenvalue weighted by Gasteiger charge is 2.14. The third kappa shape index (κ3) is 2.94. The van der Waals surface area contributed by atoms with Gasteiger partial charge >= 0.3 is 0 Å². The van der Waals surface area contributed by atoms with Crippen LogP contribution in [0.2, 0.25) is 0 Å². The summed E-state index contributed by atoms with van der Waals surface area (Å²) in [6.07, 6.45) is 0. The van der Waals surface area contributed by atoms with Gasteiger partial charge in [-0.2, -0.15) is 5.26 Å². The van der Waals surface area contributed by atoms with E-state index in [1.54, 1.807) is 18.2 Å². The summed E-state index contributed by atoms with van der Waals surface area (Å²) in [5.41, 5.74) is 8.81. The largest absolute Gasteiger partial charge is 0.383 e. The van der Waals surface area contributed by atoms with E-state index in [4.69, 9.17) is 5.73 Å². The molecule has 112 valence electrons. The van der Waals surface area contributed by atoms with Gasteiger partial charge < -0.3 is 5.73 Å². The third-order valence-corrected chi connectivity index (χ3v) is 4.14. The first-order valence-corrected chi connectivity index (χ1v) is 7.61. The Bertz CT molecular complexity index is 932. The Morgan fingerprint density at radius 2 is 1.83 bits per heavy atom. The number of benzene rings is 2. The van der Waals surface area contributed by atoms with E-state index in [1.165, 1.54) is 12.1 Å². The Morgan fingerprint density at radius 3 is 2.52 bits per heavy atom. The number of halogens is 2.